The second-order valence-electron chi connectivity index (χ2n) is 6.72. The summed E-state index contributed by atoms with van der Waals surface area (Å²) in [6.07, 6.45) is -4.55. The third-order valence-electron chi connectivity index (χ3n) is 4.71. The van der Waals surface area contributed by atoms with Crippen molar-refractivity contribution in [1.82, 2.24) is 4.98 Å². The molecule has 8 nitrogen and oxygen atoms in total. The number of anilines is 1. The van der Waals surface area contributed by atoms with Crippen molar-refractivity contribution in [3.63, 3.8) is 0 Å². The molecule has 0 aliphatic heterocycles. The van der Waals surface area contributed by atoms with Crippen molar-refractivity contribution in [2.45, 2.75) is 24.4 Å². The standard InChI is InChI=1S/C21H22N2O6/c24-10-17(19(27)20(28)18(26)11-25)22-14-7-6-13-8-15(12-4-2-1-3-5-12)21(29)23-16(13)9-14/h1-10,17-20,22,25-28H,11H2,(H,23,29)/t17-,18+,19+,20+/m0/s1. The zero-order chi connectivity index (χ0) is 21.0. The quantitative estimate of drug-likeness (QED) is 0.299. The fourth-order valence-electron chi connectivity index (χ4n) is 3.06. The van der Waals surface area contributed by atoms with E-state index in [4.69, 9.17) is 5.11 Å². The van der Waals surface area contributed by atoms with Crippen molar-refractivity contribution in [3.05, 3.63) is 65.0 Å². The van der Waals surface area contributed by atoms with Gasteiger partial charge in [0, 0.05) is 11.3 Å². The summed E-state index contributed by atoms with van der Waals surface area (Å²) >= 11 is 0. The Hall–Kier alpha value is -3.04. The maximum atomic E-state index is 12.5. The lowest BCUT2D eigenvalue weighted by Crippen LogP contribution is -2.49. The first kappa shape index (κ1) is 20.7. The Morgan fingerprint density at radius 1 is 1.00 bits per heavy atom. The third-order valence-corrected chi connectivity index (χ3v) is 4.71. The maximum absolute atomic E-state index is 12.5. The van der Waals surface area contributed by atoms with Gasteiger partial charge in [0.2, 0.25) is 0 Å². The molecule has 0 aliphatic carbocycles. The number of aldehydes is 1. The molecule has 3 rings (SSSR count). The van der Waals surface area contributed by atoms with Gasteiger partial charge in [0.25, 0.3) is 5.56 Å². The highest BCUT2D eigenvalue weighted by atomic mass is 16.4. The zero-order valence-electron chi connectivity index (χ0n) is 15.4. The van der Waals surface area contributed by atoms with Crippen LogP contribution in [0.5, 0.6) is 0 Å². The molecule has 152 valence electrons. The van der Waals surface area contributed by atoms with Gasteiger partial charge in [-0.25, -0.2) is 0 Å². The number of carbonyl (C=O) groups is 1. The molecule has 0 bridgehead atoms. The van der Waals surface area contributed by atoms with Crippen LogP contribution in [0.3, 0.4) is 0 Å². The fraction of sp³-hybridized carbons (Fsp3) is 0.238. The van der Waals surface area contributed by atoms with E-state index in [1.807, 2.05) is 30.3 Å². The minimum absolute atomic E-state index is 0.269. The number of rotatable bonds is 8. The van der Waals surface area contributed by atoms with Gasteiger partial charge in [0.05, 0.1) is 12.1 Å². The molecular weight excluding hydrogens is 376 g/mol. The van der Waals surface area contributed by atoms with Gasteiger partial charge in [-0.2, -0.15) is 0 Å². The van der Waals surface area contributed by atoms with Crippen LogP contribution in [0.4, 0.5) is 5.69 Å². The largest absolute Gasteiger partial charge is 0.394 e. The molecule has 8 heteroatoms. The molecule has 1 heterocycles. The number of fused-ring (bicyclic) bond motifs is 1. The van der Waals surface area contributed by atoms with Gasteiger partial charge >= 0.3 is 0 Å². The summed E-state index contributed by atoms with van der Waals surface area (Å²) in [5, 5.41) is 41.8. The third kappa shape index (κ3) is 4.52. The number of aliphatic hydroxyl groups is 4. The van der Waals surface area contributed by atoms with Crippen LogP contribution in [0.2, 0.25) is 0 Å². The topological polar surface area (TPSA) is 143 Å². The number of carbonyl (C=O) groups excluding carboxylic acids is 1. The summed E-state index contributed by atoms with van der Waals surface area (Å²) in [5.74, 6) is 0. The minimum atomic E-state index is -1.71. The number of aliphatic hydroxyl groups excluding tert-OH is 4. The van der Waals surface area contributed by atoms with E-state index in [2.05, 4.69) is 10.3 Å². The van der Waals surface area contributed by atoms with Crippen molar-refractivity contribution < 1.29 is 25.2 Å². The van der Waals surface area contributed by atoms with Gasteiger partial charge in [-0.05, 0) is 29.1 Å². The molecule has 0 aliphatic rings. The van der Waals surface area contributed by atoms with Gasteiger partial charge in [0.1, 0.15) is 30.6 Å². The van der Waals surface area contributed by atoms with E-state index in [1.165, 1.54) is 0 Å². The monoisotopic (exact) mass is 398 g/mol. The SMILES string of the molecule is O=C[C@H](Nc1ccc2cc(-c3ccccc3)c(=O)[nH]c2c1)[C@@H](O)[C@H](O)[C@H](O)CO. The van der Waals surface area contributed by atoms with E-state index in [1.54, 1.807) is 24.3 Å². The molecule has 4 atom stereocenters. The normalized spacial score (nSPS) is 15.4. The van der Waals surface area contributed by atoms with Gasteiger partial charge in [-0.15, -0.1) is 0 Å². The molecule has 3 aromatic rings. The van der Waals surface area contributed by atoms with Crippen LogP contribution in [-0.4, -0.2) is 62.7 Å². The maximum Gasteiger partial charge on any atom is 0.256 e. The van der Waals surface area contributed by atoms with Crippen molar-refractivity contribution in [2.24, 2.45) is 0 Å². The number of aromatic nitrogens is 1. The molecule has 0 saturated heterocycles. The number of aromatic amines is 1. The number of hydrogen-bond donors (Lipinski definition) is 6. The first-order valence-electron chi connectivity index (χ1n) is 9.04. The second kappa shape index (κ2) is 8.97. The average molecular weight is 398 g/mol. The summed E-state index contributed by atoms with van der Waals surface area (Å²) in [6.45, 7) is -0.759. The van der Waals surface area contributed by atoms with E-state index in [0.29, 0.717) is 23.1 Å². The molecule has 0 spiro atoms. The Labute approximate surface area is 166 Å². The van der Waals surface area contributed by atoms with Crippen LogP contribution in [0.15, 0.2) is 59.4 Å². The molecule has 0 unspecified atom stereocenters. The molecule has 0 amide bonds. The van der Waals surface area contributed by atoms with Crippen LogP contribution in [0.25, 0.3) is 22.0 Å². The highest BCUT2D eigenvalue weighted by molar-refractivity contribution is 5.86. The lowest BCUT2D eigenvalue weighted by atomic mass is 10.0. The smallest absolute Gasteiger partial charge is 0.256 e. The predicted octanol–water partition coefficient (Wildman–Crippen LogP) is 0.249. The summed E-state index contributed by atoms with van der Waals surface area (Å²) in [5.41, 5.74) is 1.99. The van der Waals surface area contributed by atoms with E-state index < -0.39 is 31.0 Å². The number of nitrogens with one attached hydrogen (secondary N) is 2. The zero-order valence-corrected chi connectivity index (χ0v) is 15.4. The number of pyridine rings is 1. The first-order valence-corrected chi connectivity index (χ1v) is 9.04. The summed E-state index contributed by atoms with van der Waals surface area (Å²) in [4.78, 5) is 26.6. The molecule has 2 aromatic carbocycles. The van der Waals surface area contributed by atoms with Crippen LogP contribution in [0.1, 0.15) is 0 Å². The van der Waals surface area contributed by atoms with Gasteiger partial charge in [0.15, 0.2) is 0 Å². The van der Waals surface area contributed by atoms with Crippen molar-refractivity contribution in [2.75, 3.05) is 11.9 Å². The Balaban J connectivity index is 1.88. The number of H-pyrrole nitrogens is 1. The highest BCUT2D eigenvalue weighted by Gasteiger charge is 2.31. The van der Waals surface area contributed by atoms with E-state index in [9.17, 15) is 24.9 Å². The Morgan fingerprint density at radius 2 is 1.72 bits per heavy atom. The van der Waals surface area contributed by atoms with Crippen LogP contribution < -0.4 is 10.9 Å². The van der Waals surface area contributed by atoms with Crippen LogP contribution >= 0.6 is 0 Å². The summed E-state index contributed by atoms with van der Waals surface area (Å²) < 4.78 is 0. The first-order chi connectivity index (χ1) is 13.9. The minimum Gasteiger partial charge on any atom is -0.394 e. The summed E-state index contributed by atoms with van der Waals surface area (Å²) in [7, 11) is 0. The van der Waals surface area contributed by atoms with E-state index >= 15 is 0 Å². The van der Waals surface area contributed by atoms with E-state index in [-0.39, 0.29) is 5.56 Å². The lowest BCUT2D eigenvalue weighted by molar-refractivity contribution is -0.117. The predicted molar refractivity (Wildman–Crippen MR) is 109 cm³/mol. The molecule has 0 radical (unpaired) electrons. The highest BCUT2D eigenvalue weighted by Crippen LogP contribution is 2.22. The van der Waals surface area contributed by atoms with Crippen LogP contribution in [0, 0.1) is 0 Å². The Bertz CT molecular complexity index is 1040. The van der Waals surface area contributed by atoms with E-state index in [0.717, 1.165) is 10.9 Å². The van der Waals surface area contributed by atoms with Gasteiger partial charge < -0.3 is 35.5 Å². The van der Waals surface area contributed by atoms with Crippen molar-refractivity contribution in [1.29, 1.82) is 0 Å². The molecule has 0 fully saturated rings. The number of hydrogen-bond acceptors (Lipinski definition) is 7. The van der Waals surface area contributed by atoms with Gasteiger partial charge in [-0.1, -0.05) is 36.4 Å². The lowest BCUT2D eigenvalue weighted by Gasteiger charge is -2.26. The van der Waals surface area contributed by atoms with Gasteiger partial charge in [-0.3, -0.25) is 4.79 Å². The molecule has 29 heavy (non-hydrogen) atoms. The van der Waals surface area contributed by atoms with Crippen LogP contribution in [-0.2, 0) is 4.79 Å². The molecule has 0 saturated carbocycles. The summed E-state index contributed by atoms with van der Waals surface area (Å²) in [6, 6.07) is 14.8. The van der Waals surface area contributed by atoms with Crippen molar-refractivity contribution >= 4 is 22.9 Å². The molecule has 1 aromatic heterocycles. The number of benzene rings is 2. The molecular formula is C21H22N2O6. The van der Waals surface area contributed by atoms with Crippen molar-refractivity contribution in [3.8, 4) is 11.1 Å². The Kier molecular flexibility index (Phi) is 6.40. The fourth-order valence-corrected chi connectivity index (χ4v) is 3.06. The average Bonchev–Trinajstić information content (AvgIpc) is 2.75. The Morgan fingerprint density at radius 3 is 2.38 bits per heavy atom. The second-order valence-corrected chi connectivity index (χ2v) is 6.72. The molecule has 6 N–H and O–H groups in total.